The molecule has 2 aromatic rings. The van der Waals surface area contributed by atoms with E-state index in [0.717, 1.165) is 36.8 Å². The van der Waals surface area contributed by atoms with Crippen molar-refractivity contribution in [3.63, 3.8) is 0 Å². The minimum Gasteiger partial charge on any atom is -0.461 e. The second-order valence-corrected chi connectivity index (χ2v) is 6.47. The molecule has 0 aliphatic rings. The predicted octanol–water partition coefficient (Wildman–Crippen LogP) is 4.35. The van der Waals surface area contributed by atoms with Gasteiger partial charge in [0.15, 0.2) is 0 Å². The molecule has 1 aromatic carbocycles. The van der Waals surface area contributed by atoms with Gasteiger partial charge >= 0.3 is 5.97 Å². The average molecular weight is 365 g/mol. The number of unbranched alkanes of at least 4 members (excludes halogenated alkanes) is 2. The maximum Gasteiger partial charge on any atom is 0.332 e. The summed E-state index contributed by atoms with van der Waals surface area (Å²) in [6.45, 7) is 4.45. The van der Waals surface area contributed by atoms with E-state index < -0.39 is 0 Å². The van der Waals surface area contributed by atoms with E-state index in [4.69, 9.17) is 21.1 Å². The van der Waals surface area contributed by atoms with Crippen molar-refractivity contribution in [1.82, 2.24) is 9.97 Å². The molecule has 25 heavy (non-hydrogen) atoms. The van der Waals surface area contributed by atoms with Gasteiger partial charge in [-0.3, -0.25) is 9.97 Å². The molecule has 5 nitrogen and oxygen atoms in total. The fourth-order valence-corrected chi connectivity index (χ4v) is 2.82. The van der Waals surface area contributed by atoms with Gasteiger partial charge in [0.2, 0.25) is 0 Å². The van der Waals surface area contributed by atoms with Crippen LogP contribution in [0.3, 0.4) is 0 Å². The zero-order valence-corrected chi connectivity index (χ0v) is 15.6. The number of fused-ring (bicyclic) bond motifs is 1. The number of halogens is 1. The minimum atomic E-state index is -0.315. The van der Waals surface area contributed by atoms with Gasteiger partial charge in [-0.1, -0.05) is 37.4 Å². The Morgan fingerprint density at radius 2 is 1.96 bits per heavy atom. The lowest BCUT2D eigenvalue weighted by molar-refractivity contribution is -0.153. The lowest BCUT2D eigenvalue weighted by Gasteiger charge is -2.13. The molecule has 1 heterocycles. The third kappa shape index (κ3) is 6.25. The molecule has 0 saturated heterocycles. The highest BCUT2D eigenvalue weighted by Crippen LogP contribution is 2.23. The van der Waals surface area contributed by atoms with E-state index in [-0.39, 0.29) is 18.7 Å². The summed E-state index contributed by atoms with van der Waals surface area (Å²) in [6.07, 6.45) is 8.13. The van der Waals surface area contributed by atoms with Crippen molar-refractivity contribution in [2.24, 2.45) is 0 Å². The molecule has 0 saturated carbocycles. The molecule has 0 fully saturated rings. The molecular formula is C19H25ClN2O3. The van der Waals surface area contributed by atoms with Crippen LogP contribution in [0.2, 0.25) is 5.02 Å². The quantitative estimate of drug-likeness (QED) is 0.463. The van der Waals surface area contributed by atoms with Gasteiger partial charge < -0.3 is 9.47 Å². The van der Waals surface area contributed by atoms with Crippen LogP contribution in [0.5, 0.6) is 0 Å². The SMILES string of the molecule is CCCCCC(C)OC(=O)COCCc1ccc(Cl)c2nccnc12. The van der Waals surface area contributed by atoms with Gasteiger partial charge in [0.25, 0.3) is 0 Å². The van der Waals surface area contributed by atoms with Crippen LogP contribution < -0.4 is 0 Å². The highest BCUT2D eigenvalue weighted by atomic mass is 35.5. The first-order valence-corrected chi connectivity index (χ1v) is 9.15. The van der Waals surface area contributed by atoms with Crippen molar-refractivity contribution in [2.45, 2.75) is 52.1 Å². The summed E-state index contributed by atoms with van der Waals surface area (Å²) in [5.74, 6) is -0.315. The monoisotopic (exact) mass is 364 g/mol. The first-order valence-electron chi connectivity index (χ1n) is 8.77. The van der Waals surface area contributed by atoms with Crippen LogP contribution >= 0.6 is 11.6 Å². The third-order valence-electron chi connectivity index (χ3n) is 3.94. The summed E-state index contributed by atoms with van der Waals surface area (Å²) in [5.41, 5.74) is 2.45. The predicted molar refractivity (Wildman–Crippen MR) is 98.8 cm³/mol. The summed E-state index contributed by atoms with van der Waals surface area (Å²) in [5, 5.41) is 0.577. The molecule has 0 radical (unpaired) electrons. The molecule has 1 aromatic heterocycles. The average Bonchev–Trinajstić information content (AvgIpc) is 2.61. The Morgan fingerprint density at radius 1 is 1.20 bits per heavy atom. The van der Waals surface area contributed by atoms with Crippen molar-refractivity contribution in [3.8, 4) is 0 Å². The largest absolute Gasteiger partial charge is 0.461 e. The van der Waals surface area contributed by atoms with E-state index >= 15 is 0 Å². The molecule has 0 aliphatic heterocycles. The van der Waals surface area contributed by atoms with E-state index in [9.17, 15) is 4.79 Å². The maximum absolute atomic E-state index is 11.8. The minimum absolute atomic E-state index is 0.0324. The van der Waals surface area contributed by atoms with Crippen molar-refractivity contribution >= 4 is 28.6 Å². The van der Waals surface area contributed by atoms with Gasteiger partial charge in [0, 0.05) is 12.4 Å². The number of nitrogens with zero attached hydrogens (tertiary/aromatic N) is 2. The first-order chi connectivity index (χ1) is 12.1. The van der Waals surface area contributed by atoms with Crippen molar-refractivity contribution in [1.29, 1.82) is 0 Å². The van der Waals surface area contributed by atoms with Crippen molar-refractivity contribution in [2.75, 3.05) is 13.2 Å². The second-order valence-electron chi connectivity index (χ2n) is 6.06. The van der Waals surface area contributed by atoms with E-state index in [2.05, 4.69) is 16.9 Å². The van der Waals surface area contributed by atoms with Crippen LogP contribution in [0.25, 0.3) is 11.0 Å². The Bertz CT molecular complexity index is 693. The molecule has 136 valence electrons. The Labute approximate surface area is 153 Å². The molecule has 0 aliphatic carbocycles. The Balaban J connectivity index is 1.74. The van der Waals surface area contributed by atoms with Crippen LogP contribution in [0, 0.1) is 0 Å². The molecule has 0 amide bonds. The molecule has 6 heteroatoms. The lowest BCUT2D eigenvalue weighted by atomic mass is 10.1. The highest BCUT2D eigenvalue weighted by molar-refractivity contribution is 6.34. The van der Waals surface area contributed by atoms with Crippen molar-refractivity contribution in [3.05, 3.63) is 35.1 Å². The zero-order valence-electron chi connectivity index (χ0n) is 14.8. The second kappa shape index (κ2) is 10.3. The number of benzene rings is 1. The van der Waals surface area contributed by atoms with Gasteiger partial charge in [-0.25, -0.2) is 4.79 Å². The summed E-state index contributed by atoms with van der Waals surface area (Å²) in [4.78, 5) is 20.4. The summed E-state index contributed by atoms with van der Waals surface area (Å²) in [6, 6.07) is 3.72. The number of ether oxygens (including phenoxy) is 2. The van der Waals surface area contributed by atoms with Crippen LogP contribution in [0.4, 0.5) is 0 Å². The van der Waals surface area contributed by atoms with Gasteiger partial charge in [0.1, 0.15) is 12.1 Å². The lowest BCUT2D eigenvalue weighted by Crippen LogP contribution is -2.20. The summed E-state index contributed by atoms with van der Waals surface area (Å²) < 4.78 is 10.8. The molecular weight excluding hydrogens is 340 g/mol. The van der Waals surface area contributed by atoms with Crippen LogP contribution in [-0.2, 0) is 20.7 Å². The van der Waals surface area contributed by atoms with E-state index in [1.165, 1.54) is 0 Å². The van der Waals surface area contributed by atoms with Gasteiger partial charge in [-0.15, -0.1) is 0 Å². The molecule has 0 bridgehead atoms. The number of hydrogen-bond acceptors (Lipinski definition) is 5. The zero-order chi connectivity index (χ0) is 18.1. The number of hydrogen-bond donors (Lipinski definition) is 0. The number of rotatable bonds is 10. The van der Waals surface area contributed by atoms with Crippen LogP contribution in [0.15, 0.2) is 24.5 Å². The van der Waals surface area contributed by atoms with Crippen LogP contribution in [0.1, 0.15) is 45.1 Å². The van der Waals surface area contributed by atoms with Gasteiger partial charge in [0.05, 0.1) is 23.3 Å². The number of carbonyl (C=O) groups is 1. The normalized spacial score (nSPS) is 12.3. The van der Waals surface area contributed by atoms with Gasteiger partial charge in [-0.2, -0.15) is 0 Å². The molecule has 2 rings (SSSR count). The highest BCUT2D eigenvalue weighted by Gasteiger charge is 2.10. The molecule has 0 spiro atoms. The van der Waals surface area contributed by atoms with E-state index in [1.807, 2.05) is 13.0 Å². The Kier molecular flexibility index (Phi) is 8.09. The molecule has 1 atom stereocenters. The van der Waals surface area contributed by atoms with Crippen molar-refractivity contribution < 1.29 is 14.3 Å². The number of esters is 1. The number of aromatic nitrogens is 2. The topological polar surface area (TPSA) is 61.3 Å². The summed E-state index contributed by atoms with van der Waals surface area (Å²) >= 11 is 6.13. The Morgan fingerprint density at radius 3 is 2.72 bits per heavy atom. The molecule has 1 unspecified atom stereocenters. The smallest absolute Gasteiger partial charge is 0.332 e. The third-order valence-corrected chi connectivity index (χ3v) is 4.25. The standard InChI is InChI=1S/C19H25ClN2O3/c1-3-4-5-6-14(2)25-17(23)13-24-12-9-15-7-8-16(20)19-18(15)21-10-11-22-19/h7-8,10-11,14H,3-6,9,12-13H2,1-2H3. The number of carbonyl (C=O) groups excluding carboxylic acids is 1. The fraction of sp³-hybridized carbons (Fsp3) is 0.526. The molecule has 0 N–H and O–H groups in total. The van der Waals surface area contributed by atoms with Crippen LogP contribution in [-0.4, -0.2) is 35.3 Å². The summed E-state index contributed by atoms with van der Waals surface area (Å²) in [7, 11) is 0. The van der Waals surface area contributed by atoms with E-state index in [1.54, 1.807) is 18.5 Å². The van der Waals surface area contributed by atoms with Gasteiger partial charge in [-0.05, 0) is 37.8 Å². The fourth-order valence-electron chi connectivity index (χ4n) is 2.62. The maximum atomic E-state index is 11.8. The first kappa shape index (κ1) is 19.6. The van der Waals surface area contributed by atoms with E-state index in [0.29, 0.717) is 23.6 Å². The Hall–Kier alpha value is -1.72.